The molecule has 1 atom stereocenters. The summed E-state index contributed by atoms with van der Waals surface area (Å²) >= 11 is 0. The third-order valence-corrected chi connectivity index (χ3v) is 0.743. The average molecular weight is 125 g/mol. The van der Waals surface area contributed by atoms with Gasteiger partial charge in [0.25, 0.3) is 0 Å². The Morgan fingerprint density at radius 1 is 1.88 bits per heavy atom. The Morgan fingerprint density at radius 3 is 2.25 bits per heavy atom. The van der Waals surface area contributed by atoms with Crippen molar-refractivity contribution < 1.29 is 39.5 Å². The summed E-state index contributed by atoms with van der Waals surface area (Å²) in [5, 5.41) is 9.69. The molecule has 0 aliphatic heterocycles. The van der Waals surface area contributed by atoms with Gasteiger partial charge < -0.3 is 15.6 Å². The predicted molar refractivity (Wildman–Crippen MR) is 23.3 cm³/mol. The molecule has 0 rings (SSSR count). The molecular weight excluding hydrogens is 117 g/mol. The van der Waals surface area contributed by atoms with Gasteiger partial charge in [-0.05, 0) is 6.42 Å². The number of carbonyl (C=O) groups is 1. The maximum atomic E-state index is 9.69. The van der Waals surface area contributed by atoms with E-state index in [1.807, 2.05) is 0 Å². The molecule has 0 heterocycles. The van der Waals surface area contributed by atoms with Crippen LogP contribution in [0.5, 0.6) is 0 Å². The Labute approximate surface area is 70.5 Å². The quantitative estimate of drug-likeness (QED) is 0.378. The van der Waals surface area contributed by atoms with Gasteiger partial charge in [0.05, 0.1) is 5.97 Å². The number of hydrogen-bond acceptors (Lipinski definition) is 3. The van der Waals surface area contributed by atoms with Gasteiger partial charge >= 0.3 is 29.6 Å². The van der Waals surface area contributed by atoms with Crippen molar-refractivity contribution >= 4 is 5.97 Å². The van der Waals surface area contributed by atoms with Crippen LogP contribution in [0, 0.1) is 0 Å². The van der Waals surface area contributed by atoms with Gasteiger partial charge in [-0.3, -0.25) is 0 Å². The third kappa shape index (κ3) is 4.59. The molecule has 0 radical (unpaired) electrons. The molecule has 0 aromatic carbocycles. The molecule has 4 heteroatoms. The number of hydrogen-bond donors (Lipinski definition) is 1. The standard InChI is InChI=1S/C4H9NO2.Na/c1-2-3(5)4(6)7;/h3H,2,5H2,1H3,(H,6,7);/q;+1/p-1/t3-;/m0./s1. The molecule has 0 aliphatic carbocycles. The van der Waals surface area contributed by atoms with Crippen LogP contribution < -0.4 is 40.4 Å². The van der Waals surface area contributed by atoms with E-state index < -0.39 is 12.0 Å². The SMILES string of the molecule is CC[C@H](N)C(=O)[O-].[Na+]. The van der Waals surface area contributed by atoms with Gasteiger partial charge in [-0.1, -0.05) is 6.92 Å². The monoisotopic (exact) mass is 125 g/mol. The molecule has 0 saturated carbocycles. The topological polar surface area (TPSA) is 66.2 Å². The second-order valence-corrected chi connectivity index (χ2v) is 1.33. The summed E-state index contributed by atoms with van der Waals surface area (Å²) in [4.78, 5) is 9.69. The number of carboxylic acids is 1. The molecule has 0 bridgehead atoms. The molecule has 0 unspecified atom stereocenters. The number of rotatable bonds is 2. The molecule has 8 heavy (non-hydrogen) atoms. The van der Waals surface area contributed by atoms with E-state index >= 15 is 0 Å². The van der Waals surface area contributed by atoms with Gasteiger partial charge in [0, 0.05) is 6.04 Å². The van der Waals surface area contributed by atoms with Crippen LogP contribution in [0.4, 0.5) is 0 Å². The maximum absolute atomic E-state index is 9.69. The van der Waals surface area contributed by atoms with E-state index in [2.05, 4.69) is 0 Å². The van der Waals surface area contributed by atoms with Crippen molar-refractivity contribution in [2.24, 2.45) is 5.73 Å². The average Bonchev–Trinajstić information content (AvgIpc) is 1.65. The Bertz CT molecular complexity index is 76.4. The largest absolute Gasteiger partial charge is 1.00 e. The predicted octanol–water partition coefficient (Wildman–Crippen LogP) is -4.52. The first kappa shape index (κ1) is 11.3. The van der Waals surface area contributed by atoms with Crippen molar-refractivity contribution in [2.75, 3.05) is 0 Å². The zero-order chi connectivity index (χ0) is 5.86. The van der Waals surface area contributed by atoms with Crippen LogP contribution in [0.1, 0.15) is 13.3 Å². The van der Waals surface area contributed by atoms with Gasteiger partial charge in [-0.15, -0.1) is 0 Å². The summed E-state index contributed by atoms with van der Waals surface area (Å²) in [5.41, 5.74) is 4.95. The summed E-state index contributed by atoms with van der Waals surface area (Å²) in [6.45, 7) is 1.69. The van der Waals surface area contributed by atoms with Crippen molar-refractivity contribution in [2.45, 2.75) is 19.4 Å². The first-order chi connectivity index (χ1) is 3.18. The number of carboxylic acid groups (broad SMARTS) is 1. The van der Waals surface area contributed by atoms with Crippen molar-refractivity contribution in [1.82, 2.24) is 0 Å². The first-order valence-electron chi connectivity index (χ1n) is 2.15. The van der Waals surface area contributed by atoms with Crippen molar-refractivity contribution in [1.29, 1.82) is 0 Å². The van der Waals surface area contributed by atoms with Crippen LogP contribution in [0.3, 0.4) is 0 Å². The van der Waals surface area contributed by atoms with Crippen molar-refractivity contribution in [3.63, 3.8) is 0 Å². The summed E-state index contributed by atoms with van der Waals surface area (Å²) in [6.07, 6.45) is 0.433. The minimum Gasteiger partial charge on any atom is -0.548 e. The third-order valence-electron chi connectivity index (χ3n) is 0.743. The molecule has 0 aromatic rings. The molecule has 0 amide bonds. The number of carbonyl (C=O) groups excluding carboxylic acids is 1. The summed E-state index contributed by atoms with van der Waals surface area (Å²) in [5.74, 6) is -1.18. The van der Waals surface area contributed by atoms with Crippen LogP contribution >= 0.6 is 0 Å². The number of aliphatic carboxylic acids is 1. The molecule has 42 valence electrons. The maximum Gasteiger partial charge on any atom is 1.00 e. The second kappa shape index (κ2) is 5.56. The van der Waals surface area contributed by atoms with Gasteiger partial charge in [-0.2, -0.15) is 0 Å². The molecule has 0 aromatic heterocycles. The van der Waals surface area contributed by atoms with Crippen LogP contribution in [0.25, 0.3) is 0 Å². The van der Waals surface area contributed by atoms with Gasteiger partial charge in [-0.25, -0.2) is 0 Å². The van der Waals surface area contributed by atoms with E-state index in [0.29, 0.717) is 6.42 Å². The van der Waals surface area contributed by atoms with E-state index in [-0.39, 0.29) is 29.6 Å². The molecule has 0 saturated heterocycles. The second-order valence-electron chi connectivity index (χ2n) is 1.33. The van der Waals surface area contributed by atoms with E-state index in [0.717, 1.165) is 0 Å². The fourth-order valence-electron chi connectivity index (χ4n) is 0.167. The Morgan fingerprint density at radius 2 is 2.25 bits per heavy atom. The minimum absolute atomic E-state index is 0. The molecule has 3 nitrogen and oxygen atoms in total. The van der Waals surface area contributed by atoms with E-state index in [9.17, 15) is 9.90 Å². The van der Waals surface area contributed by atoms with Crippen LogP contribution in [-0.2, 0) is 4.79 Å². The summed E-state index contributed by atoms with van der Waals surface area (Å²) in [7, 11) is 0. The molecule has 0 aliphatic rings. The Kier molecular flexibility index (Phi) is 7.83. The Hall–Kier alpha value is 0.430. The van der Waals surface area contributed by atoms with Crippen LogP contribution in [0.15, 0.2) is 0 Å². The summed E-state index contributed by atoms with van der Waals surface area (Å²) < 4.78 is 0. The first-order valence-corrected chi connectivity index (χ1v) is 2.15. The van der Waals surface area contributed by atoms with E-state index in [1.165, 1.54) is 0 Å². The zero-order valence-corrected chi connectivity index (χ0v) is 7.18. The van der Waals surface area contributed by atoms with E-state index in [1.54, 1.807) is 6.92 Å². The minimum atomic E-state index is -1.18. The fraction of sp³-hybridized carbons (Fsp3) is 0.750. The van der Waals surface area contributed by atoms with Crippen LogP contribution in [0.2, 0.25) is 0 Å². The molecule has 2 N–H and O–H groups in total. The zero-order valence-electron chi connectivity index (χ0n) is 5.18. The van der Waals surface area contributed by atoms with E-state index in [4.69, 9.17) is 5.73 Å². The van der Waals surface area contributed by atoms with Gasteiger partial charge in [0.1, 0.15) is 0 Å². The molecule has 0 spiro atoms. The normalized spacial score (nSPS) is 11.8. The smallest absolute Gasteiger partial charge is 0.548 e. The van der Waals surface area contributed by atoms with Crippen molar-refractivity contribution in [3.05, 3.63) is 0 Å². The molecular formula is C4H8NNaO2. The molecule has 0 fully saturated rings. The van der Waals surface area contributed by atoms with Crippen molar-refractivity contribution in [3.8, 4) is 0 Å². The van der Waals surface area contributed by atoms with Gasteiger partial charge in [0.2, 0.25) is 0 Å². The Balaban J connectivity index is 0. The fourth-order valence-corrected chi connectivity index (χ4v) is 0.167. The van der Waals surface area contributed by atoms with Gasteiger partial charge in [0.15, 0.2) is 0 Å². The number of nitrogens with two attached hydrogens (primary N) is 1. The van der Waals surface area contributed by atoms with Crippen LogP contribution in [-0.4, -0.2) is 12.0 Å². The summed E-state index contributed by atoms with van der Waals surface area (Å²) in [6, 6.07) is -0.792.